The lowest BCUT2D eigenvalue weighted by atomic mass is 10.1. The zero-order valence-electron chi connectivity index (χ0n) is 11.6. The first kappa shape index (κ1) is 14.3. The predicted molar refractivity (Wildman–Crippen MR) is 74.7 cm³/mol. The smallest absolute Gasteiger partial charge is 0.169 e. The van der Waals surface area contributed by atoms with Crippen molar-refractivity contribution in [3.8, 4) is 5.75 Å². The molecular weight excluding hydrogens is 243 g/mol. The lowest BCUT2D eigenvalue weighted by Crippen LogP contribution is -2.29. The average molecular weight is 266 g/mol. The van der Waals surface area contributed by atoms with E-state index in [1.807, 2.05) is 12.1 Å². The highest BCUT2D eigenvalue weighted by Crippen LogP contribution is 2.26. The molecule has 0 spiro atoms. The molecule has 1 heterocycles. The van der Waals surface area contributed by atoms with Crippen LogP contribution in [0.1, 0.15) is 31.2 Å². The second-order valence-corrected chi connectivity index (χ2v) is 5.13. The van der Waals surface area contributed by atoms with E-state index in [1.54, 1.807) is 6.07 Å². The second-order valence-electron chi connectivity index (χ2n) is 5.13. The summed E-state index contributed by atoms with van der Waals surface area (Å²) >= 11 is 0. The highest BCUT2D eigenvalue weighted by Gasteiger charge is 2.25. The Labute approximate surface area is 114 Å². The second kappa shape index (κ2) is 6.87. The van der Waals surface area contributed by atoms with Gasteiger partial charge in [-0.2, -0.15) is 0 Å². The number of nitrogens with two attached hydrogens (primary N) is 1. The minimum Gasteiger partial charge on any atom is -0.494 e. The van der Waals surface area contributed by atoms with Crippen LogP contribution in [0.2, 0.25) is 0 Å². The zero-order valence-corrected chi connectivity index (χ0v) is 11.6. The summed E-state index contributed by atoms with van der Waals surface area (Å²) in [6.45, 7) is 2.45. The number of nitrogens with zero attached hydrogens (tertiary/aromatic N) is 1. The number of hydrogen-bond acceptors (Lipinski definition) is 3. The van der Waals surface area contributed by atoms with Gasteiger partial charge in [0.1, 0.15) is 0 Å². The van der Waals surface area contributed by atoms with Gasteiger partial charge < -0.3 is 10.5 Å². The monoisotopic (exact) mass is 266 g/mol. The Morgan fingerprint density at radius 3 is 3.05 bits per heavy atom. The van der Waals surface area contributed by atoms with Crippen LogP contribution in [0.25, 0.3) is 0 Å². The van der Waals surface area contributed by atoms with Crippen molar-refractivity contribution >= 4 is 0 Å². The van der Waals surface area contributed by atoms with Gasteiger partial charge in [-0.05, 0) is 44.8 Å². The fourth-order valence-electron chi connectivity index (χ4n) is 2.84. The minimum absolute atomic E-state index is 0.227. The molecule has 4 heteroatoms. The summed E-state index contributed by atoms with van der Waals surface area (Å²) in [4.78, 5) is 2.37. The molecule has 1 atom stereocenters. The van der Waals surface area contributed by atoms with E-state index in [-0.39, 0.29) is 5.82 Å². The molecule has 3 nitrogen and oxygen atoms in total. The van der Waals surface area contributed by atoms with Crippen LogP contribution in [-0.2, 0) is 6.54 Å². The van der Waals surface area contributed by atoms with Crippen molar-refractivity contribution in [1.82, 2.24) is 4.90 Å². The van der Waals surface area contributed by atoms with E-state index in [1.165, 1.54) is 20.0 Å². The molecule has 1 aliphatic heterocycles. The van der Waals surface area contributed by atoms with Gasteiger partial charge in [0, 0.05) is 18.2 Å². The van der Waals surface area contributed by atoms with Crippen molar-refractivity contribution in [3.05, 3.63) is 29.6 Å². The summed E-state index contributed by atoms with van der Waals surface area (Å²) in [6, 6.07) is 5.90. The maximum absolute atomic E-state index is 14.1. The molecule has 19 heavy (non-hydrogen) atoms. The van der Waals surface area contributed by atoms with E-state index in [2.05, 4.69) is 4.90 Å². The number of halogens is 1. The zero-order chi connectivity index (χ0) is 13.7. The van der Waals surface area contributed by atoms with Crippen molar-refractivity contribution in [2.75, 3.05) is 20.2 Å². The largest absolute Gasteiger partial charge is 0.494 e. The molecule has 1 unspecified atom stereocenters. The normalized spacial score (nSPS) is 19.8. The number of rotatable bonds is 6. The van der Waals surface area contributed by atoms with Crippen molar-refractivity contribution in [2.24, 2.45) is 5.73 Å². The lowest BCUT2D eigenvalue weighted by Gasteiger charge is -2.24. The third-order valence-electron chi connectivity index (χ3n) is 3.88. The van der Waals surface area contributed by atoms with Gasteiger partial charge in [-0.3, -0.25) is 4.90 Å². The fraction of sp³-hybridized carbons (Fsp3) is 0.600. The summed E-state index contributed by atoms with van der Waals surface area (Å²) < 4.78 is 19.2. The molecule has 1 aromatic carbocycles. The van der Waals surface area contributed by atoms with Crippen LogP contribution in [0.4, 0.5) is 4.39 Å². The number of methoxy groups -OCH3 is 1. The molecule has 0 bridgehead atoms. The molecule has 1 fully saturated rings. The molecule has 0 radical (unpaired) electrons. The number of benzene rings is 1. The van der Waals surface area contributed by atoms with Gasteiger partial charge >= 0.3 is 0 Å². The molecule has 2 rings (SSSR count). The highest BCUT2D eigenvalue weighted by molar-refractivity contribution is 5.31. The van der Waals surface area contributed by atoms with E-state index in [4.69, 9.17) is 10.5 Å². The standard InChI is InChI=1S/C15H23FN2O/c1-19-14-8-2-5-12(15(14)16)11-18-10-4-7-13(18)6-3-9-17/h2,5,8,13H,3-4,6-7,9-11,17H2,1H3. The van der Waals surface area contributed by atoms with Gasteiger partial charge in [0.05, 0.1) is 7.11 Å². The average Bonchev–Trinajstić information content (AvgIpc) is 2.86. The first-order valence-electron chi connectivity index (χ1n) is 7.01. The number of hydrogen-bond donors (Lipinski definition) is 1. The van der Waals surface area contributed by atoms with Crippen molar-refractivity contribution in [3.63, 3.8) is 0 Å². The Bertz CT molecular complexity index is 411. The van der Waals surface area contributed by atoms with Gasteiger partial charge in [-0.25, -0.2) is 4.39 Å². The fourth-order valence-corrected chi connectivity index (χ4v) is 2.84. The quantitative estimate of drug-likeness (QED) is 0.860. The topological polar surface area (TPSA) is 38.5 Å². The summed E-state index contributed by atoms with van der Waals surface area (Å²) in [5.74, 6) is 0.102. The molecule has 106 valence electrons. The van der Waals surface area contributed by atoms with Crippen molar-refractivity contribution in [1.29, 1.82) is 0 Å². The summed E-state index contributed by atoms with van der Waals surface area (Å²) in [5, 5.41) is 0. The van der Waals surface area contributed by atoms with Gasteiger partial charge in [0.2, 0.25) is 0 Å². The third kappa shape index (κ3) is 3.45. The van der Waals surface area contributed by atoms with Gasteiger partial charge in [0.25, 0.3) is 0 Å². The summed E-state index contributed by atoms with van der Waals surface area (Å²) in [6.07, 6.45) is 4.55. The van der Waals surface area contributed by atoms with Gasteiger partial charge in [-0.15, -0.1) is 0 Å². The maximum Gasteiger partial charge on any atom is 0.169 e. The van der Waals surface area contributed by atoms with Crippen LogP contribution < -0.4 is 10.5 Å². The Morgan fingerprint density at radius 2 is 2.32 bits per heavy atom. The van der Waals surface area contributed by atoms with Crippen LogP contribution >= 0.6 is 0 Å². The lowest BCUT2D eigenvalue weighted by molar-refractivity contribution is 0.228. The van der Waals surface area contributed by atoms with E-state index in [0.29, 0.717) is 18.3 Å². The highest BCUT2D eigenvalue weighted by atomic mass is 19.1. The molecule has 2 N–H and O–H groups in total. The van der Waals surface area contributed by atoms with Crippen LogP contribution in [-0.4, -0.2) is 31.1 Å². The minimum atomic E-state index is -0.227. The summed E-state index contributed by atoms with van der Waals surface area (Å²) in [7, 11) is 1.50. The van der Waals surface area contributed by atoms with Gasteiger partial charge in [0.15, 0.2) is 11.6 Å². The number of likely N-dealkylation sites (tertiary alicyclic amines) is 1. The molecule has 1 aromatic rings. The first-order chi connectivity index (χ1) is 9.26. The molecular formula is C15H23FN2O. The maximum atomic E-state index is 14.1. The molecule has 0 aliphatic carbocycles. The van der Waals surface area contributed by atoms with Gasteiger partial charge in [-0.1, -0.05) is 12.1 Å². The third-order valence-corrected chi connectivity index (χ3v) is 3.88. The summed E-state index contributed by atoms with van der Waals surface area (Å²) in [5.41, 5.74) is 6.29. The SMILES string of the molecule is COc1cccc(CN2CCCC2CCCN)c1F. The molecule has 0 amide bonds. The predicted octanol–water partition coefficient (Wildman–Crippen LogP) is 2.54. The Morgan fingerprint density at radius 1 is 1.47 bits per heavy atom. The van der Waals surface area contributed by atoms with Crippen molar-refractivity contribution < 1.29 is 9.13 Å². The first-order valence-corrected chi connectivity index (χ1v) is 7.01. The molecule has 1 aliphatic rings. The van der Waals surface area contributed by atoms with Crippen LogP contribution in [0.15, 0.2) is 18.2 Å². The van der Waals surface area contributed by atoms with E-state index in [0.717, 1.165) is 31.5 Å². The molecule has 0 aromatic heterocycles. The van der Waals surface area contributed by atoms with E-state index < -0.39 is 0 Å². The Hall–Kier alpha value is -1.13. The Balaban J connectivity index is 2.03. The van der Waals surface area contributed by atoms with Crippen LogP contribution in [0, 0.1) is 5.82 Å². The van der Waals surface area contributed by atoms with Crippen molar-refractivity contribution in [2.45, 2.75) is 38.3 Å². The van der Waals surface area contributed by atoms with E-state index in [9.17, 15) is 4.39 Å². The van der Waals surface area contributed by atoms with Crippen LogP contribution in [0.3, 0.4) is 0 Å². The van der Waals surface area contributed by atoms with E-state index >= 15 is 0 Å². The Kier molecular flexibility index (Phi) is 5.16. The molecule has 1 saturated heterocycles. The number of ether oxygens (including phenoxy) is 1. The van der Waals surface area contributed by atoms with Crippen LogP contribution in [0.5, 0.6) is 5.75 Å². The molecule has 0 saturated carbocycles.